The van der Waals surface area contributed by atoms with Crippen molar-refractivity contribution >= 4 is 22.7 Å². The molecule has 0 atom stereocenters. The molecule has 0 fully saturated rings. The zero-order chi connectivity index (χ0) is 23.3. The highest BCUT2D eigenvalue weighted by molar-refractivity contribution is 5.98. The quantitative estimate of drug-likeness (QED) is 0.418. The van der Waals surface area contributed by atoms with Gasteiger partial charge in [-0.05, 0) is 113 Å². The van der Waals surface area contributed by atoms with Gasteiger partial charge in [0.05, 0.1) is 29.9 Å². The van der Waals surface area contributed by atoms with Gasteiger partial charge in [0.2, 0.25) is 0 Å². The first-order valence-electron chi connectivity index (χ1n) is 11.6. The predicted molar refractivity (Wildman–Crippen MR) is 138 cm³/mol. The van der Waals surface area contributed by atoms with E-state index in [2.05, 4.69) is 108 Å². The van der Waals surface area contributed by atoms with Crippen LogP contribution in [0.1, 0.15) is 49.9 Å². The Morgan fingerprint density at radius 3 is 1.72 bits per heavy atom. The molecule has 0 saturated carbocycles. The van der Waals surface area contributed by atoms with E-state index in [1.165, 1.54) is 50.6 Å². The van der Waals surface area contributed by atoms with Gasteiger partial charge >= 0.3 is 0 Å². The van der Waals surface area contributed by atoms with E-state index < -0.39 is 0 Å². The zero-order valence-electron chi connectivity index (χ0n) is 21.0. The van der Waals surface area contributed by atoms with Gasteiger partial charge in [-0.25, -0.2) is 0 Å². The fourth-order valence-electron chi connectivity index (χ4n) is 5.11. The molecule has 0 N–H and O–H groups in total. The lowest BCUT2D eigenvalue weighted by Gasteiger charge is -2.45. The number of rotatable bonds is 4. The molecule has 1 aliphatic heterocycles. The number of fused-ring (bicyclic) bond motifs is 2. The lowest BCUT2D eigenvalue weighted by atomic mass is 9.93. The molecule has 3 aromatic rings. The molecule has 0 bridgehead atoms. The first-order chi connectivity index (χ1) is 15.1. The van der Waals surface area contributed by atoms with E-state index in [0.29, 0.717) is 12.1 Å². The maximum atomic E-state index is 5.54. The van der Waals surface area contributed by atoms with E-state index in [-0.39, 0.29) is 0 Å². The smallest absolute Gasteiger partial charge is 0.122 e. The molecule has 0 amide bonds. The highest BCUT2D eigenvalue weighted by Crippen LogP contribution is 2.53. The number of hydrogen-bond donors (Lipinski definition) is 0. The lowest BCUT2D eigenvalue weighted by Crippen LogP contribution is -2.37. The van der Waals surface area contributed by atoms with Gasteiger partial charge in [-0.3, -0.25) is 0 Å². The van der Waals surface area contributed by atoms with Crippen molar-refractivity contribution in [3.05, 3.63) is 64.7 Å². The molecule has 168 valence electrons. The number of anilines is 4. The summed E-state index contributed by atoms with van der Waals surface area (Å²) in [5, 5.41) is 0. The van der Waals surface area contributed by atoms with Crippen LogP contribution in [0.15, 0.2) is 42.5 Å². The molecule has 32 heavy (non-hydrogen) atoms. The van der Waals surface area contributed by atoms with Crippen LogP contribution in [0.25, 0.3) is 11.1 Å². The molecule has 3 nitrogen and oxygen atoms in total. The van der Waals surface area contributed by atoms with E-state index in [0.717, 1.165) is 11.3 Å². The molecule has 3 heteroatoms. The average Bonchev–Trinajstić information content (AvgIpc) is 2.75. The van der Waals surface area contributed by atoms with Crippen LogP contribution in [0.4, 0.5) is 22.7 Å². The van der Waals surface area contributed by atoms with Gasteiger partial charge in [-0.2, -0.15) is 0 Å². The second-order valence-electron chi connectivity index (χ2n) is 9.66. The van der Waals surface area contributed by atoms with Crippen molar-refractivity contribution in [1.82, 2.24) is 0 Å². The minimum atomic E-state index is 0.344. The van der Waals surface area contributed by atoms with Crippen molar-refractivity contribution < 1.29 is 4.74 Å². The minimum absolute atomic E-state index is 0.344. The Bertz CT molecular complexity index is 1180. The third-order valence-corrected chi connectivity index (χ3v) is 6.62. The molecule has 0 radical (unpaired) electrons. The maximum Gasteiger partial charge on any atom is 0.122 e. The van der Waals surface area contributed by atoms with Crippen molar-refractivity contribution in [1.29, 1.82) is 0 Å². The Balaban J connectivity index is 1.99. The summed E-state index contributed by atoms with van der Waals surface area (Å²) in [7, 11) is 1.74. The average molecular weight is 429 g/mol. The van der Waals surface area contributed by atoms with E-state index in [9.17, 15) is 0 Å². The molecular weight excluding hydrogens is 392 g/mol. The summed E-state index contributed by atoms with van der Waals surface area (Å²) in [6.07, 6.45) is 0. The molecule has 0 spiro atoms. The fourth-order valence-corrected chi connectivity index (χ4v) is 5.11. The van der Waals surface area contributed by atoms with Crippen molar-refractivity contribution in [2.45, 2.75) is 67.5 Å². The summed E-state index contributed by atoms with van der Waals surface area (Å²) in [5.74, 6) is 0.944. The van der Waals surface area contributed by atoms with Crippen LogP contribution in [-0.2, 0) is 0 Å². The van der Waals surface area contributed by atoms with Crippen LogP contribution in [-0.4, -0.2) is 19.2 Å². The molecule has 1 aliphatic rings. The largest absolute Gasteiger partial charge is 0.496 e. The molecule has 0 unspecified atom stereocenters. The van der Waals surface area contributed by atoms with E-state index >= 15 is 0 Å². The summed E-state index contributed by atoms with van der Waals surface area (Å²) >= 11 is 0. The highest BCUT2D eigenvalue weighted by Gasteiger charge is 2.33. The second kappa shape index (κ2) is 8.20. The molecule has 0 saturated heterocycles. The normalized spacial score (nSPS) is 13.0. The Hall–Kier alpha value is -2.94. The van der Waals surface area contributed by atoms with Crippen molar-refractivity contribution in [3.8, 4) is 16.9 Å². The van der Waals surface area contributed by atoms with E-state index in [4.69, 9.17) is 4.74 Å². The number of hydrogen-bond acceptors (Lipinski definition) is 3. The number of benzene rings is 3. The van der Waals surface area contributed by atoms with Crippen molar-refractivity contribution in [3.63, 3.8) is 0 Å². The van der Waals surface area contributed by atoms with Gasteiger partial charge in [0.1, 0.15) is 5.75 Å². The highest BCUT2D eigenvalue weighted by atomic mass is 16.5. The van der Waals surface area contributed by atoms with Crippen LogP contribution in [0.3, 0.4) is 0 Å². The van der Waals surface area contributed by atoms with Gasteiger partial charge in [-0.15, -0.1) is 0 Å². The van der Waals surface area contributed by atoms with Gasteiger partial charge < -0.3 is 14.5 Å². The third-order valence-electron chi connectivity index (χ3n) is 6.62. The van der Waals surface area contributed by atoms with Gasteiger partial charge in [-0.1, -0.05) is 18.2 Å². The SMILES string of the molecule is COc1cc(C)c(-c2ccc3c(c2)N(C(C)C)c2c(C)ccc(C)c2N3C(C)C)cc1C. The van der Waals surface area contributed by atoms with Gasteiger partial charge in [0.25, 0.3) is 0 Å². The maximum absolute atomic E-state index is 5.54. The number of ether oxygens (including phenoxy) is 1. The van der Waals surface area contributed by atoms with E-state index in [1.807, 2.05) is 0 Å². The van der Waals surface area contributed by atoms with Crippen LogP contribution in [0.5, 0.6) is 5.75 Å². The Kier molecular flexibility index (Phi) is 5.70. The van der Waals surface area contributed by atoms with Crippen LogP contribution in [0.2, 0.25) is 0 Å². The minimum Gasteiger partial charge on any atom is -0.496 e. The fraction of sp³-hybridized carbons (Fsp3) is 0.379. The topological polar surface area (TPSA) is 15.7 Å². The molecule has 0 aliphatic carbocycles. The van der Waals surface area contributed by atoms with Gasteiger partial charge in [0, 0.05) is 12.1 Å². The van der Waals surface area contributed by atoms with Crippen LogP contribution >= 0.6 is 0 Å². The molecule has 3 aromatic carbocycles. The molecular formula is C29H36N2O. The summed E-state index contributed by atoms with van der Waals surface area (Å²) in [6.45, 7) is 17.9. The monoisotopic (exact) mass is 428 g/mol. The standard InChI is InChI=1S/C29H36N2O/c1-17(2)30-25-13-12-23(24-14-22(8)27(32-9)15-21(24)7)16-26(25)31(18(3)4)29-20(6)11-10-19(5)28(29)30/h10-18H,1-9H3. The van der Waals surface area contributed by atoms with Crippen LogP contribution < -0.4 is 14.5 Å². The summed E-state index contributed by atoms with van der Waals surface area (Å²) in [6, 6.07) is 16.6. The predicted octanol–water partition coefficient (Wildman–Crippen LogP) is 8.00. The summed E-state index contributed by atoms with van der Waals surface area (Å²) in [5.41, 5.74) is 12.8. The van der Waals surface area contributed by atoms with Crippen molar-refractivity contribution in [2.24, 2.45) is 0 Å². The summed E-state index contributed by atoms with van der Waals surface area (Å²) < 4.78 is 5.54. The zero-order valence-corrected chi connectivity index (χ0v) is 21.0. The second-order valence-corrected chi connectivity index (χ2v) is 9.66. The first kappa shape index (κ1) is 22.3. The Morgan fingerprint density at radius 2 is 1.19 bits per heavy atom. The molecule has 1 heterocycles. The van der Waals surface area contributed by atoms with Crippen LogP contribution in [0, 0.1) is 27.7 Å². The summed E-state index contributed by atoms with van der Waals surface area (Å²) in [4.78, 5) is 5.04. The van der Waals surface area contributed by atoms with E-state index in [1.54, 1.807) is 7.11 Å². The third kappa shape index (κ3) is 3.44. The Labute approximate surface area is 193 Å². The number of methoxy groups -OCH3 is 1. The number of nitrogens with zero attached hydrogens (tertiary/aromatic N) is 2. The van der Waals surface area contributed by atoms with Crippen molar-refractivity contribution in [2.75, 3.05) is 16.9 Å². The number of aryl methyl sites for hydroxylation is 4. The van der Waals surface area contributed by atoms with Gasteiger partial charge in [0.15, 0.2) is 0 Å². The Morgan fingerprint density at radius 1 is 0.625 bits per heavy atom. The lowest BCUT2D eigenvalue weighted by molar-refractivity contribution is 0.411. The first-order valence-corrected chi connectivity index (χ1v) is 11.6. The molecule has 0 aromatic heterocycles. The molecule has 4 rings (SSSR count).